The number of para-hydroxylation sites is 2. The number of imidazole rings is 1. The summed E-state index contributed by atoms with van der Waals surface area (Å²) in [6.07, 6.45) is 4.06. The molecule has 0 aliphatic carbocycles. The van der Waals surface area contributed by atoms with Gasteiger partial charge in [0.05, 0.1) is 47.9 Å². The van der Waals surface area contributed by atoms with Crippen LogP contribution >= 0.6 is 0 Å². The Labute approximate surface area is 333 Å². The minimum absolute atomic E-state index is 0.0641. The van der Waals surface area contributed by atoms with Gasteiger partial charge in [0.1, 0.15) is 31.3 Å². The van der Waals surface area contributed by atoms with Gasteiger partial charge >= 0.3 is 0 Å². The van der Waals surface area contributed by atoms with Crippen molar-refractivity contribution in [3.05, 3.63) is 119 Å². The highest BCUT2D eigenvalue weighted by Crippen LogP contribution is 2.43. The van der Waals surface area contributed by atoms with E-state index in [4.69, 9.17) is 32.2 Å². The van der Waals surface area contributed by atoms with Crippen LogP contribution in [0.2, 0.25) is 0 Å². The van der Waals surface area contributed by atoms with Crippen LogP contribution in [0.5, 0.6) is 17.2 Å². The number of piperidine rings is 1. The molecule has 12 nitrogen and oxygen atoms in total. The molecule has 1 unspecified atom stereocenters. The summed E-state index contributed by atoms with van der Waals surface area (Å²) in [6, 6.07) is 28.8. The fraction of sp³-hybridized carbons (Fsp3) is 0.395. The molecule has 4 aromatic carbocycles. The second-order valence-electron chi connectivity index (χ2n) is 15.1. The molecule has 304 valence electrons. The summed E-state index contributed by atoms with van der Waals surface area (Å²) in [7, 11) is 0.842. The van der Waals surface area contributed by atoms with Gasteiger partial charge in [0.15, 0.2) is 11.5 Å². The smallest absolute Gasteiger partial charge is 0.229 e. The normalized spacial score (nSPS) is 20.9. The van der Waals surface area contributed by atoms with E-state index < -0.39 is 15.5 Å². The maximum atomic E-state index is 14.5. The number of nitrogens with zero attached hydrogens (tertiary/aromatic N) is 4. The molecule has 0 spiro atoms. The Morgan fingerprint density at radius 3 is 2.11 bits per heavy atom. The van der Waals surface area contributed by atoms with Gasteiger partial charge in [-0.05, 0) is 65.9 Å². The van der Waals surface area contributed by atoms with Crippen molar-refractivity contribution in [1.29, 1.82) is 0 Å². The van der Waals surface area contributed by atoms with E-state index in [-0.39, 0.29) is 22.3 Å². The van der Waals surface area contributed by atoms with Crippen molar-refractivity contribution in [3.8, 4) is 17.2 Å². The molecule has 7 rings (SSSR count). The van der Waals surface area contributed by atoms with Crippen LogP contribution in [-0.2, 0) is 34.4 Å². The topological polar surface area (TPSA) is 143 Å². The van der Waals surface area contributed by atoms with E-state index in [1.54, 1.807) is 21.3 Å². The molecule has 0 saturated carbocycles. The minimum atomic E-state index is -3.92. The number of quaternary nitrogens is 1. The van der Waals surface area contributed by atoms with Crippen molar-refractivity contribution in [2.24, 2.45) is 5.41 Å². The number of hydrogen-bond donors (Lipinski definition) is 1. The molecule has 2 aliphatic rings. The zero-order valence-corrected chi connectivity index (χ0v) is 33.7. The predicted octanol–water partition coefficient (Wildman–Crippen LogP) is 6.55. The molecule has 2 saturated heterocycles. The highest BCUT2D eigenvalue weighted by Gasteiger charge is 2.49. The molecule has 1 aromatic heterocycles. The maximum absolute atomic E-state index is 14.5. The summed E-state index contributed by atoms with van der Waals surface area (Å²) >= 11 is 0. The van der Waals surface area contributed by atoms with Gasteiger partial charge in [0.25, 0.3) is 0 Å². The van der Waals surface area contributed by atoms with E-state index in [2.05, 4.69) is 22.8 Å². The maximum Gasteiger partial charge on any atom is 0.229 e. The van der Waals surface area contributed by atoms with Crippen molar-refractivity contribution in [2.75, 3.05) is 53.8 Å². The molecular formula is C43H51FN4O8S. The van der Waals surface area contributed by atoms with Crippen LogP contribution in [0.25, 0.3) is 11.0 Å². The highest BCUT2D eigenvalue weighted by molar-refractivity contribution is 7.84. The second-order valence-corrected chi connectivity index (χ2v) is 16.5. The van der Waals surface area contributed by atoms with Gasteiger partial charge in [0.2, 0.25) is 11.7 Å². The molecule has 14 heteroatoms. The summed E-state index contributed by atoms with van der Waals surface area (Å²) in [4.78, 5) is 21.5. The van der Waals surface area contributed by atoms with Gasteiger partial charge in [-0.25, -0.2) is 23.0 Å². The van der Waals surface area contributed by atoms with Gasteiger partial charge < -0.3 is 28.2 Å². The van der Waals surface area contributed by atoms with Gasteiger partial charge in [-0.2, -0.15) is 4.65 Å². The Morgan fingerprint density at radius 1 is 0.877 bits per heavy atom. The Morgan fingerprint density at radius 2 is 1.49 bits per heavy atom. The van der Waals surface area contributed by atoms with Gasteiger partial charge in [-0.3, -0.25) is 4.79 Å². The van der Waals surface area contributed by atoms with E-state index in [0.29, 0.717) is 82.0 Å². The molecule has 1 N–H and O–H groups in total. The number of methoxy groups -OCH3 is 3. The largest absolute Gasteiger partial charge is 0.748 e. The summed E-state index contributed by atoms with van der Waals surface area (Å²) in [5, 5.41) is 12.0. The van der Waals surface area contributed by atoms with Gasteiger partial charge in [-0.15, -0.1) is 0 Å². The lowest BCUT2D eigenvalue weighted by molar-refractivity contribution is -1.11. The fourth-order valence-electron chi connectivity index (χ4n) is 8.26. The number of hydrogen-bond acceptors (Lipinski definition) is 9. The number of carbonyl (C=O) groups is 1. The molecule has 1 amide bonds. The monoisotopic (exact) mass is 802 g/mol. The first-order chi connectivity index (χ1) is 27.2. The lowest BCUT2D eigenvalue weighted by atomic mass is 9.77. The SMILES string of the molecule is COc1cc(CN2CCC(CC[N+]3(O)CCC(c4nc5ccccc5n4Cc4ccc(F)cc4)CC3)(Cc3ccccc3)C2=O)cc(OC)c1OC.CS(=O)(=O)[O-]. The van der Waals surface area contributed by atoms with E-state index >= 15 is 0 Å². The average Bonchev–Trinajstić information content (AvgIpc) is 3.71. The number of benzene rings is 4. The van der Waals surface area contributed by atoms with E-state index in [0.717, 1.165) is 46.4 Å². The van der Waals surface area contributed by atoms with Crippen molar-refractivity contribution < 1.29 is 46.2 Å². The van der Waals surface area contributed by atoms with Gasteiger partial charge in [0, 0.05) is 51.1 Å². The van der Waals surface area contributed by atoms with Gasteiger partial charge in [-0.1, -0.05) is 54.6 Å². The number of hydroxylamine groups is 3. The number of rotatable bonds is 13. The van der Waals surface area contributed by atoms with Crippen LogP contribution in [0, 0.1) is 11.2 Å². The summed E-state index contributed by atoms with van der Waals surface area (Å²) in [5.74, 6) is 2.67. The first kappa shape index (κ1) is 41.6. The fourth-order valence-corrected chi connectivity index (χ4v) is 8.26. The number of amides is 1. The number of likely N-dealkylation sites (tertiary alicyclic amines) is 2. The summed E-state index contributed by atoms with van der Waals surface area (Å²) in [6.45, 7) is 3.30. The number of ether oxygens (including phenoxy) is 3. The number of fused-ring (bicyclic) bond motifs is 1. The summed E-state index contributed by atoms with van der Waals surface area (Å²) in [5.41, 5.74) is 4.39. The van der Waals surface area contributed by atoms with Crippen LogP contribution in [-0.4, -0.2) is 96.9 Å². The number of halogens is 1. The predicted molar refractivity (Wildman–Crippen MR) is 213 cm³/mol. The van der Waals surface area contributed by atoms with Crippen molar-refractivity contribution in [3.63, 3.8) is 0 Å². The van der Waals surface area contributed by atoms with Crippen LogP contribution in [0.4, 0.5) is 4.39 Å². The molecule has 1 atom stereocenters. The lowest BCUT2D eigenvalue weighted by Crippen LogP contribution is -2.52. The van der Waals surface area contributed by atoms with E-state index in [1.165, 1.54) is 12.1 Å². The van der Waals surface area contributed by atoms with Crippen molar-refractivity contribution in [2.45, 2.75) is 51.1 Å². The quantitative estimate of drug-likeness (QED) is 0.104. The Hall–Kier alpha value is -5.02. The molecule has 2 aliphatic heterocycles. The van der Waals surface area contributed by atoms with Crippen LogP contribution in [0.3, 0.4) is 0 Å². The van der Waals surface area contributed by atoms with Crippen LogP contribution < -0.4 is 14.2 Å². The molecule has 3 heterocycles. The average molecular weight is 803 g/mol. The highest BCUT2D eigenvalue weighted by atomic mass is 32.2. The van der Waals surface area contributed by atoms with Crippen LogP contribution in [0.1, 0.15) is 54.1 Å². The zero-order chi connectivity index (χ0) is 40.8. The minimum Gasteiger partial charge on any atom is -0.748 e. The molecule has 0 radical (unpaired) electrons. The number of carbonyl (C=O) groups excluding carboxylic acids is 1. The lowest BCUT2D eigenvalue weighted by Gasteiger charge is -2.39. The zero-order valence-electron chi connectivity index (χ0n) is 32.9. The Balaban J connectivity index is 0.00000103. The van der Waals surface area contributed by atoms with Crippen LogP contribution in [0.15, 0.2) is 91.0 Å². The third-order valence-corrected chi connectivity index (χ3v) is 11.2. The standard InChI is InChI=1S/C42H48FN4O5.CH4O3S/c1-50-37-25-32(26-38(51-2)39(37)52-3)28-45-21-19-42(41(45)48,27-30-9-5-4-6-10-30)20-24-47(49)22-17-33(18-23-47)40-44-35-11-7-8-12-36(35)46(40)29-31-13-15-34(43)16-14-31;1-5(2,3)4/h4-16,25-26,33,49H,17-24,27-29H2,1-3H3;1H3,(H,2,3,4)/q+1;/p-1. The Bertz CT molecular complexity index is 2230. The first-order valence-corrected chi connectivity index (χ1v) is 20.9. The summed E-state index contributed by atoms with van der Waals surface area (Å²) < 4.78 is 59.8. The molecule has 2 fully saturated rings. The van der Waals surface area contributed by atoms with Crippen molar-refractivity contribution in [1.82, 2.24) is 14.5 Å². The Kier molecular flexibility index (Phi) is 12.9. The molecular weight excluding hydrogens is 752 g/mol. The molecule has 5 aromatic rings. The number of aromatic nitrogens is 2. The first-order valence-electron chi connectivity index (χ1n) is 19.0. The second kappa shape index (κ2) is 17.6. The third-order valence-electron chi connectivity index (χ3n) is 11.2. The third kappa shape index (κ3) is 10.1. The van der Waals surface area contributed by atoms with E-state index in [1.807, 2.05) is 65.6 Å². The molecule has 57 heavy (non-hydrogen) atoms. The van der Waals surface area contributed by atoms with E-state index in [9.17, 15) is 14.4 Å². The van der Waals surface area contributed by atoms with Crippen molar-refractivity contribution >= 4 is 27.1 Å². The molecule has 0 bridgehead atoms.